The van der Waals surface area contributed by atoms with Gasteiger partial charge in [-0.25, -0.2) is 8.78 Å². The molecule has 1 fully saturated rings. The third kappa shape index (κ3) is 4.19. The van der Waals surface area contributed by atoms with Crippen LogP contribution >= 0.6 is 0 Å². The Labute approximate surface area is 188 Å². The van der Waals surface area contributed by atoms with Crippen molar-refractivity contribution in [2.45, 2.75) is 19.4 Å². The number of halogens is 2. The normalized spacial score (nSPS) is 17.4. The molecular formula is C25H20F2N2O4. The van der Waals surface area contributed by atoms with Crippen molar-refractivity contribution in [1.29, 1.82) is 0 Å². The summed E-state index contributed by atoms with van der Waals surface area (Å²) in [5.41, 5.74) is 0.556. The second kappa shape index (κ2) is 9.20. The average Bonchev–Trinajstić information content (AvgIpc) is 3.10. The lowest BCUT2D eigenvalue weighted by Crippen LogP contribution is -2.29. The molecule has 0 spiro atoms. The number of ether oxygens (including phenoxy) is 1. The molecule has 0 aliphatic carbocycles. The number of benzene rings is 2. The highest BCUT2D eigenvalue weighted by molar-refractivity contribution is 6.51. The van der Waals surface area contributed by atoms with E-state index in [9.17, 15) is 23.5 Å². The molecule has 33 heavy (non-hydrogen) atoms. The molecule has 0 radical (unpaired) electrons. The molecule has 2 aromatic carbocycles. The third-order valence-corrected chi connectivity index (χ3v) is 5.23. The Kier molecular flexibility index (Phi) is 6.17. The standard InChI is InChI=1S/C25H20F2N2O4/c1-2-12-33-18-5-3-4-16(13-18)23(30)21-22(15-8-10-28-11-9-15)29(25(32)24(21)31)17-6-7-19(26)20(27)14-17/h3-11,13-14,22,30H,2,12H2,1H3/b23-21+. The average molecular weight is 450 g/mol. The summed E-state index contributed by atoms with van der Waals surface area (Å²) in [7, 11) is 0. The topological polar surface area (TPSA) is 79.7 Å². The summed E-state index contributed by atoms with van der Waals surface area (Å²) in [5, 5.41) is 11.1. The van der Waals surface area contributed by atoms with Crippen LogP contribution in [0.4, 0.5) is 14.5 Å². The Hall–Kier alpha value is -4.07. The van der Waals surface area contributed by atoms with E-state index in [-0.39, 0.29) is 16.8 Å². The fraction of sp³-hybridized carbons (Fsp3) is 0.160. The number of rotatable bonds is 6. The van der Waals surface area contributed by atoms with Crippen molar-refractivity contribution in [1.82, 2.24) is 4.98 Å². The quantitative estimate of drug-likeness (QED) is 0.332. The highest BCUT2D eigenvalue weighted by Crippen LogP contribution is 2.42. The van der Waals surface area contributed by atoms with Crippen LogP contribution in [0.25, 0.3) is 5.76 Å². The summed E-state index contributed by atoms with van der Waals surface area (Å²) in [6.45, 7) is 2.43. The van der Waals surface area contributed by atoms with Crippen molar-refractivity contribution in [3.8, 4) is 5.75 Å². The van der Waals surface area contributed by atoms with Gasteiger partial charge in [0.2, 0.25) is 0 Å². The molecule has 1 aromatic heterocycles. The molecule has 1 saturated heterocycles. The minimum Gasteiger partial charge on any atom is -0.507 e. The largest absolute Gasteiger partial charge is 0.507 e. The molecule has 1 atom stereocenters. The second-order valence-electron chi connectivity index (χ2n) is 7.42. The first-order valence-electron chi connectivity index (χ1n) is 10.3. The maximum atomic E-state index is 14.0. The van der Waals surface area contributed by atoms with Gasteiger partial charge < -0.3 is 9.84 Å². The minimum absolute atomic E-state index is 0.0168. The number of aliphatic hydroxyl groups excluding tert-OH is 1. The maximum Gasteiger partial charge on any atom is 0.300 e. The number of aromatic nitrogens is 1. The summed E-state index contributed by atoms with van der Waals surface area (Å²) < 4.78 is 33.1. The lowest BCUT2D eigenvalue weighted by atomic mass is 9.95. The number of hydrogen-bond acceptors (Lipinski definition) is 5. The lowest BCUT2D eigenvalue weighted by molar-refractivity contribution is -0.132. The highest BCUT2D eigenvalue weighted by atomic mass is 19.2. The molecule has 1 amide bonds. The zero-order chi connectivity index (χ0) is 23.5. The highest BCUT2D eigenvalue weighted by Gasteiger charge is 2.47. The number of Topliss-reactive ketones (excluding diaryl/α,β-unsaturated/α-hetero) is 1. The Morgan fingerprint density at radius 2 is 1.82 bits per heavy atom. The first kappa shape index (κ1) is 22.1. The number of anilines is 1. The molecule has 1 aliphatic heterocycles. The van der Waals surface area contributed by atoms with Gasteiger partial charge >= 0.3 is 0 Å². The van der Waals surface area contributed by atoms with Gasteiger partial charge in [0.15, 0.2) is 11.6 Å². The summed E-state index contributed by atoms with van der Waals surface area (Å²) in [4.78, 5) is 31.1. The lowest BCUT2D eigenvalue weighted by Gasteiger charge is -2.25. The first-order valence-corrected chi connectivity index (χ1v) is 10.3. The van der Waals surface area contributed by atoms with Crippen LogP contribution < -0.4 is 9.64 Å². The van der Waals surface area contributed by atoms with Crippen LogP contribution in [-0.2, 0) is 9.59 Å². The van der Waals surface area contributed by atoms with Crippen molar-refractivity contribution < 1.29 is 28.2 Å². The SMILES string of the molecule is CCCOc1cccc(/C(O)=C2\C(=O)C(=O)N(c3ccc(F)c(F)c3)C2c2ccncc2)c1. The summed E-state index contributed by atoms with van der Waals surface area (Å²) in [6.07, 6.45) is 3.73. The molecule has 1 N–H and O–H groups in total. The smallest absolute Gasteiger partial charge is 0.300 e. The van der Waals surface area contributed by atoms with Gasteiger partial charge in [-0.2, -0.15) is 0 Å². The Morgan fingerprint density at radius 3 is 2.52 bits per heavy atom. The summed E-state index contributed by atoms with van der Waals surface area (Å²) in [5.74, 6) is -4.07. The molecule has 3 aromatic rings. The minimum atomic E-state index is -1.16. The van der Waals surface area contributed by atoms with E-state index in [2.05, 4.69) is 4.98 Å². The molecule has 1 aliphatic rings. The van der Waals surface area contributed by atoms with Crippen LogP contribution in [0.15, 0.2) is 72.6 Å². The van der Waals surface area contributed by atoms with Crippen LogP contribution in [0.2, 0.25) is 0 Å². The molecule has 4 rings (SSSR count). The fourth-order valence-corrected chi connectivity index (χ4v) is 3.70. The molecule has 8 heteroatoms. The molecule has 0 saturated carbocycles. The molecule has 1 unspecified atom stereocenters. The predicted octanol–water partition coefficient (Wildman–Crippen LogP) is 4.77. The van der Waals surface area contributed by atoms with E-state index >= 15 is 0 Å². The Morgan fingerprint density at radius 1 is 1.06 bits per heavy atom. The van der Waals surface area contributed by atoms with Gasteiger partial charge in [0.25, 0.3) is 11.7 Å². The van der Waals surface area contributed by atoms with Crippen molar-refractivity contribution in [3.63, 3.8) is 0 Å². The van der Waals surface area contributed by atoms with Gasteiger partial charge in [0.1, 0.15) is 11.5 Å². The van der Waals surface area contributed by atoms with Crippen LogP contribution in [0.1, 0.15) is 30.5 Å². The van der Waals surface area contributed by atoms with E-state index < -0.39 is 35.1 Å². The summed E-state index contributed by atoms with van der Waals surface area (Å²) in [6, 6.07) is 11.5. The van der Waals surface area contributed by atoms with Crippen molar-refractivity contribution in [3.05, 3.63) is 95.3 Å². The van der Waals surface area contributed by atoms with Crippen LogP contribution in [0, 0.1) is 11.6 Å². The number of carbonyl (C=O) groups excluding carboxylic acids is 2. The van der Waals surface area contributed by atoms with Gasteiger partial charge in [-0.05, 0) is 48.4 Å². The van der Waals surface area contributed by atoms with Crippen LogP contribution in [0.5, 0.6) is 5.75 Å². The number of amides is 1. The van der Waals surface area contributed by atoms with E-state index in [1.54, 1.807) is 36.4 Å². The molecule has 2 heterocycles. The maximum absolute atomic E-state index is 14.0. The molecular weight excluding hydrogens is 430 g/mol. The number of hydrogen-bond donors (Lipinski definition) is 1. The van der Waals surface area contributed by atoms with E-state index in [0.717, 1.165) is 23.5 Å². The van der Waals surface area contributed by atoms with Gasteiger partial charge in [0.05, 0.1) is 18.2 Å². The molecule has 6 nitrogen and oxygen atoms in total. The predicted molar refractivity (Wildman–Crippen MR) is 118 cm³/mol. The van der Waals surface area contributed by atoms with Gasteiger partial charge in [-0.3, -0.25) is 19.5 Å². The fourth-order valence-electron chi connectivity index (χ4n) is 3.70. The van der Waals surface area contributed by atoms with Crippen molar-refractivity contribution >= 4 is 23.1 Å². The third-order valence-electron chi connectivity index (χ3n) is 5.23. The summed E-state index contributed by atoms with van der Waals surface area (Å²) >= 11 is 0. The number of pyridine rings is 1. The van der Waals surface area contributed by atoms with Crippen LogP contribution in [-0.4, -0.2) is 28.4 Å². The van der Waals surface area contributed by atoms with Gasteiger partial charge in [-0.1, -0.05) is 19.1 Å². The zero-order valence-corrected chi connectivity index (χ0v) is 17.7. The first-order chi connectivity index (χ1) is 15.9. The van der Waals surface area contributed by atoms with Crippen LogP contribution in [0.3, 0.4) is 0 Å². The van der Waals surface area contributed by atoms with E-state index in [0.29, 0.717) is 17.9 Å². The van der Waals surface area contributed by atoms with E-state index in [4.69, 9.17) is 4.74 Å². The Balaban J connectivity index is 1.88. The van der Waals surface area contributed by atoms with E-state index in [1.165, 1.54) is 18.5 Å². The second-order valence-corrected chi connectivity index (χ2v) is 7.42. The Bertz CT molecular complexity index is 1240. The van der Waals surface area contributed by atoms with E-state index in [1.807, 2.05) is 6.92 Å². The number of nitrogens with zero attached hydrogens (tertiary/aromatic N) is 2. The number of carbonyl (C=O) groups is 2. The molecule has 0 bridgehead atoms. The number of aliphatic hydroxyl groups is 1. The van der Waals surface area contributed by atoms with Crippen molar-refractivity contribution in [2.75, 3.05) is 11.5 Å². The zero-order valence-electron chi connectivity index (χ0n) is 17.7. The molecule has 168 valence electrons. The van der Waals surface area contributed by atoms with Gasteiger partial charge in [0, 0.05) is 29.7 Å². The number of ketones is 1. The monoisotopic (exact) mass is 450 g/mol. The van der Waals surface area contributed by atoms with Gasteiger partial charge in [-0.15, -0.1) is 0 Å². The van der Waals surface area contributed by atoms with Crippen molar-refractivity contribution in [2.24, 2.45) is 0 Å².